The second-order valence-corrected chi connectivity index (χ2v) is 12.8. The minimum atomic E-state index is -1.64. The van der Waals surface area contributed by atoms with Crippen molar-refractivity contribution < 1.29 is 30.6 Å². The summed E-state index contributed by atoms with van der Waals surface area (Å²) in [5.74, 6) is -4.11. The molecule has 50 heavy (non-hydrogen) atoms. The Kier molecular flexibility index (Phi) is 8.57. The molecular weight excluding hydrogens is 628 g/mol. The molecule has 1 aliphatic rings. The number of hydrogen-bond acceptors (Lipinski definition) is 8. The summed E-state index contributed by atoms with van der Waals surface area (Å²) in [6, 6.07) is 41.2. The van der Waals surface area contributed by atoms with Gasteiger partial charge in [0.2, 0.25) is 0 Å². The van der Waals surface area contributed by atoms with Crippen LogP contribution in [0.15, 0.2) is 133 Å². The van der Waals surface area contributed by atoms with Crippen LogP contribution in [0.5, 0.6) is 23.0 Å². The third-order valence-corrected chi connectivity index (χ3v) is 9.56. The number of nitrogens with zero attached hydrogens (tertiary/aromatic N) is 2. The topological polar surface area (TPSA) is 134 Å². The lowest BCUT2D eigenvalue weighted by molar-refractivity contribution is -0.536. The third-order valence-electron chi connectivity index (χ3n) is 9.56. The van der Waals surface area contributed by atoms with E-state index in [9.17, 15) is 30.6 Å². The third kappa shape index (κ3) is 5.64. The van der Waals surface area contributed by atoms with Crippen molar-refractivity contribution in [1.29, 1.82) is 0 Å². The minimum Gasteiger partial charge on any atom is -0.851 e. The quantitative estimate of drug-likeness (QED) is 0.141. The molecule has 0 radical (unpaired) electrons. The van der Waals surface area contributed by atoms with Crippen molar-refractivity contribution in [3.05, 3.63) is 145 Å². The zero-order valence-electron chi connectivity index (χ0n) is 27.5. The van der Waals surface area contributed by atoms with Crippen LogP contribution in [-0.2, 0) is 0 Å². The number of phenols is 4. The van der Waals surface area contributed by atoms with Crippen molar-refractivity contribution in [2.24, 2.45) is 0 Å². The summed E-state index contributed by atoms with van der Waals surface area (Å²) in [6.07, 6.45) is -3.29. The molecule has 4 N–H and O–H groups in total. The highest BCUT2D eigenvalue weighted by atomic mass is 16.3. The van der Waals surface area contributed by atoms with Crippen LogP contribution in [-0.4, -0.2) is 46.7 Å². The number of hydrogen-bond donors (Lipinski definition) is 4. The van der Waals surface area contributed by atoms with E-state index in [1.54, 1.807) is 19.0 Å². The van der Waals surface area contributed by atoms with Gasteiger partial charge >= 0.3 is 0 Å². The first-order valence-corrected chi connectivity index (χ1v) is 16.4. The summed E-state index contributed by atoms with van der Waals surface area (Å²) < 4.78 is 0. The standard InChI is InChI=1S/C42H36N2O6/c1-43(2)27-21-33(45)37(34(46)22-27)39-41(49)40(42(39)50)38-35(47)23-28(24-36(38)48)44(31-19-11-9-17-29(31)25-13-5-3-6-14-25)32-20-12-10-18-30(32)26-15-7-4-8-16-26/h3-24,39-42,45-48H,1-2H3/q-2. The first kappa shape index (κ1) is 32.6. The van der Waals surface area contributed by atoms with Gasteiger partial charge in [-0.25, -0.2) is 0 Å². The average Bonchev–Trinajstić information content (AvgIpc) is 3.12. The van der Waals surface area contributed by atoms with Gasteiger partial charge in [0, 0.05) is 66.3 Å². The second-order valence-electron chi connectivity index (χ2n) is 12.8. The first-order chi connectivity index (χ1) is 24.2. The van der Waals surface area contributed by atoms with Crippen LogP contribution >= 0.6 is 0 Å². The van der Waals surface area contributed by atoms with Crippen molar-refractivity contribution in [2.75, 3.05) is 23.9 Å². The number of para-hydroxylation sites is 2. The van der Waals surface area contributed by atoms with Gasteiger partial charge < -0.3 is 40.4 Å². The van der Waals surface area contributed by atoms with Gasteiger partial charge in [-0.15, -0.1) is 12.2 Å². The second kappa shape index (κ2) is 13.2. The average molecular weight is 665 g/mol. The number of anilines is 4. The largest absolute Gasteiger partial charge is 0.851 e. The fourth-order valence-corrected chi connectivity index (χ4v) is 7.09. The summed E-state index contributed by atoms with van der Waals surface area (Å²) in [7, 11) is 3.47. The van der Waals surface area contributed by atoms with Gasteiger partial charge in [-0.05, 0) is 35.1 Å². The fraction of sp³-hybridized carbons (Fsp3) is 0.143. The van der Waals surface area contributed by atoms with Crippen molar-refractivity contribution in [3.8, 4) is 45.3 Å². The van der Waals surface area contributed by atoms with Crippen molar-refractivity contribution in [1.82, 2.24) is 0 Å². The molecule has 0 aromatic heterocycles. The zero-order chi connectivity index (χ0) is 35.1. The minimum absolute atomic E-state index is 0.122. The van der Waals surface area contributed by atoms with E-state index in [-0.39, 0.29) is 22.6 Å². The molecule has 0 saturated heterocycles. The molecule has 0 heterocycles. The molecule has 252 valence electrons. The highest BCUT2D eigenvalue weighted by molar-refractivity contribution is 5.94. The van der Waals surface area contributed by atoms with Crippen molar-refractivity contribution >= 4 is 22.7 Å². The Balaban J connectivity index is 1.34. The molecule has 1 saturated carbocycles. The lowest BCUT2D eigenvalue weighted by Crippen LogP contribution is -2.63. The lowest BCUT2D eigenvalue weighted by atomic mass is 9.62. The Morgan fingerprint density at radius 1 is 0.460 bits per heavy atom. The zero-order valence-corrected chi connectivity index (χ0v) is 27.5. The number of rotatable bonds is 8. The normalized spacial score (nSPS) is 18.3. The predicted molar refractivity (Wildman–Crippen MR) is 192 cm³/mol. The first-order valence-electron chi connectivity index (χ1n) is 16.4. The van der Waals surface area contributed by atoms with E-state index >= 15 is 0 Å². The van der Waals surface area contributed by atoms with E-state index in [2.05, 4.69) is 0 Å². The fourth-order valence-electron chi connectivity index (χ4n) is 7.09. The molecule has 6 aromatic carbocycles. The summed E-state index contributed by atoms with van der Waals surface area (Å²) in [4.78, 5) is 3.62. The van der Waals surface area contributed by atoms with Crippen LogP contribution < -0.4 is 20.0 Å². The smallest absolute Gasteiger partial charge is 0.124 e. The summed E-state index contributed by atoms with van der Waals surface area (Å²) in [5, 5.41) is 71.9. The maximum Gasteiger partial charge on any atom is 0.124 e. The van der Waals surface area contributed by atoms with Crippen LogP contribution in [0.2, 0.25) is 0 Å². The number of aromatic hydroxyl groups is 4. The van der Waals surface area contributed by atoms with Gasteiger partial charge in [-0.3, -0.25) is 0 Å². The van der Waals surface area contributed by atoms with Crippen LogP contribution in [0.3, 0.4) is 0 Å². The molecule has 2 atom stereocenters. The van der Waals surface area contributed by atoms with E-state index in [0.717, 1.165) is 33.6 Å². The highest BCUT2D eigenvalue weighted by Gasteiger charge is 2.43. The van der Waals surface area contributed by atoms with Gasteiger partial charge in [0.05, 0.1) is 17.1 Å². The lowest BCUT2D eigenvalue weighted by Gasteiger charge is -2.61. The van der Waals surface area contributed by atoms with Crippen LogP contribution in [0.4, 0.5) is 22.7 Å². The molecule has 1 aliphatic carbocycles. The van der Waals surface area contributed by atoms with Crippen LogP contribution in [0, 0.1) is 0 Å². The van der Waals surface area contributed by atoms with Crippen molar-refractivity contribution in [3.63, 3.8) is 0 Å². The maximum atomic E-state index is 13.7. The predicted octanol–water partition coefficient (Wildman–Crippen LogP) is 6.72. The molecule has 0 aliphatic heterocycles. The van der Waals surface area contributed by atoms with E-state index in [4.69, 9.17) is 0 Å². The molecular formula is C42H36N2O6-2. The SMILES string of the molecule is CN(C)c1cc(O)c(C2C([O-])C(c3c(O)cc(N(c4ccccc4-c4ccccc4)c4ccccc4-c4ccccc4)cc3O)C2[O-])c(O)c1. The summed E-state index contributed by atoms with van der Waals surface area (Å²) in [5.41, 5.74) is 5.91. The van der Waals surface area contributed by atoms with Crippen LogP contribution in [0.25, 0.3) is 22.3 Å². The van der Waals surface area contributed by atoms with Crippen molar-refractivity contribution in [2.45, 2.75) is 24.0 Å². The molecule has 0 bridgehead atoms. The Labute approximate surface area is 290 Å². The van der Waals surface area contributed by atoms with Crippen LogP contribution in [0.1, 0.15) is 23.0 Å². The van der Waals surface area contributed by atoms with E-state index in [0.29, 0.717) is 11.4 Å². The molecule has 6 aromatic rings. The van der Waals surface area contributed by atoms with Gasteiger partial charge in [0.25, 0.3) is 0 Å². The summed E-state index contributed by atoms with van der Waals surface area (Å²) >= 11 is 0. The number of benzene rings is 6. The molecule has 8 heteroatoms. The van der Waals surface area contributed by atoms with E-state index in [1.807, 2.05) is 114 Å². The maximum absolute atomic E-state index is 13.7. The van der Waals surface area contributed by atoms with Gasteiger partial charge in [0.1, 0.15) is 23.0 Å². The number of phenolic OH excluding ortho intramolecular Hbond substituents is 4. The molecule has 0 spiro atoms. The Hall–Kier alpha value is -5.96. The van der Waals surface area contributed by atoms with E-state index < -0.39 is 35.5 Å². The Morgan fingerprint density at radius 3 is 1.18 bits per heavy atom. The molecule has 7 rings (SSSR count). The Bertz CT molecular complexity index is 2010. The van der Waals surface area contributed by atoms with Gasteiger partial charge in [-0.1, -0.05) is 97.1 Å². The monoisotopic (exact) mass is 664 g/mol. The Morgan fingerprint density at radius 2 is 0.800 bits per heavy atom. The molecule has 2 unspecified atom stereocenters. The van der Waals surface area contributed by atoms with Gasteiger partial charge in [-0.2, -0.15) is 0 Å². The molecule has 1 fully saturated rings. The summed E-state index contributed by atoms with van der Waals surface area (Å²) in [6.45, 7) is 0. The van der Waals surface area contributed by atoms with Gasteiger partial charge in [0.15, 0.2) is 0 Å². The van der Waals surface area contributed by atoms with E-state index in [1.165, 1.54) is 24.3 Å². The molecule has 8 nitrogen and oxygen atoms in total. The molecule has 0 amide bonds. The highest BCUT2D eigenvalue weighted by Crippen LogP contribution is 2.56.